The van der Waals surface area contributed by atoms with Gasteiger partial charge < -0.3 is 9.80 Å². The van der Waals surface area contributed by atoms with E-state index in [4.69, 9.17) is 0 Å². The maximum Gasteiger partial charge on any atom is 0.319 e. The number of piperidine rings is 2. The predicted molar refractivity (Wildman–Crippen MR) is 70.0 cm³/mol. The van der Waals surface area contributed by atoms with Gasteiger partial charge in [0.1, 0.15) is 0 Å². The first kappa shape index (κ1) is 12.7. The van der Waals surface area contributed by atoms with E-state index in [2.05, 4.69) is 23.6 Å². The van der Waals surface area contributed by atoms with E-state index in [1.54, 1.807) is 0 Å². The second-order valence-electron chi connectivity index (χ2n) is 5.79. The molecule has 2 saturated heterocycles. The molecule has 2 aliphatic heterocycles. The smallest absolute Gasteiger partial charge is 0.319 e. The van der Waals surface area contributed by atoms with Gasteiger partial charge in [0.15, 0.2) is 0 Å². The summed E-state index contributed by atoms with van der Waals surface area (Å²) in [6, 6.07) is 0.298. The highest BCUT2D eigenvalue weighted by Gasteiger charge is 2.27. The number of likely N-dealkylation sites (tertiary alicyclic amines) is 2. The van der Waals surface area contributed by atoms with E-state index < -0.39 is 0 Å². The summed E-state index contributed by atoms with van der Waals surface area (Å²) in [6.45, 7) is 8.43. The van der Waals surface area contributed by atoms with Crippen LogP contribution in [0.1, 0.15) is 46.0 Å². The van der Waals surface area contributed by atoms with Gasteiger partial charge in [0.25, 0.3) is 0 Å². The zero-order valence-corrected chi connectivity index (χ0v) is 11.3. The lowest BCUT2D eigenvalue weighted by molar-refractivity contribution is 0.117. The van der Waals surface area contributed by atoms with Crippen LogP contribution in [0.2, 0.25) is 0 Å². The van der Waals surface area contributed by atoms with Crippen molar-refractivity contribution >= 4 is 6.03 Å². The average molecular weight is 238 g/mol. The van der Waals surface area contributed by atoms with Crippen LogP contribution in [0.15, 0.2) is 0 Å². The van der Waals surface area contributed by atoms with Crippen LogP contribution in [0.25, 0.3) is 0 Å². The first-order valence-corrected chi connectivity index (χ1v) is 7.24. The van der Waals surface area contributed by atoms with E-state index in [-0.39, 0.29) is 0 Å². The molecule has 3 heteroatoms. The predicted octanol–water partition coefficient (Wildman–Crippen LogP) is 2.96. The van der Waals surface area contributed by atoms with Crippen LogP contribution in [-0.4, -0.2) is 42.0 Å². The third-order valence-corrected chi connectivity index (χ3v) is 4.52. The highest BCUT2D eigenvalue weighted by Crippen LogP contribution is 2.22. The summed E-state index contributed by atoms with van der Waals surface area (Å²) in [5.41, 5.74) is 0. The molecule has 0 aromatic rings. The minimum Gasteiger partial charge on any atom is -0.325 e. The maximum atomic E-state index is 12.3. The van der Waals surface area contributed by atoms with Gasteiger partial charge >= 0.3 is 6.03 Å². The molecule has 2 amide bonds. The van der Waals surface area contributed by atoms with Crippen molar-refractivity contribution in [3.63, 3.8) is 0 Å². The molecule has 0 atom stereocenters. The van der Waals surface area contributed by atoms with Gasteiger partial charge in [-0.3, -0.25) is 0 Å². The average Bonchev–Trinajstić information content (AvgIpc) is 2.39. The van der Waals surface area contributed by atoms with Crippen LogP contribution in [0.5, 0.6) is 0 Å². The molecule has 98 valence electrons. The summed E-state index contributed by atoms with van der Waals surface area (Å²) >= 11 is 0. The first-order chi connectivity index (χ1) is 8.20. The second-order valence-corrected chi connectivity index (χ2v) is 5.79. The number of carbonyl (C=O) groups excluding carboxylic acids is 1. The molecule has 2 rings (SSSR count). The largest absolute Gasteiger partial charge is 0.325 e. The Bertz CT molecular complexity index is 251. The first-order valence-electron chi connectivity index (χ1n) is 7.24. The third kappa shape index (κ3) is 3.14. The molecule has 2 aliphatic rings. The number of carbonyl (C=O) groups is 1. The third-order valence-electron chi connectivity index (χ3n) is 4.52. The summed E-state index contributed by atoms with van der Waals surface area (Å²) in [6.07, 6.45) is 6.02. The van der Waals surface area contributed by atoms with E-state index in [9.17, 15) is 4.79 Å². The van der Waals surface area contributed by atoms with Gasteiger partial charge in [-0.05, 0) is 37.5 Å². The zero-order chi connectivity index (χ0) is 12.3. The fourth-order valence-corrected chi connectivity index (χ4v) is 2.93. The van der Waals surface area contributed by atoms with Gasteiger partial charge in [-0.2, -0.15) is 0 Å². The number of nitrogens with zero attached hydrogens (tertiary/aromatic N) is 2. The fraction of sp³-hybridized carbons (Fsp3) is 0.929. The quantitative estimate of drug-likeness (QED) is 0.689. The summed E-state index contributed by atoms with van der Waals surface area (Å²) in [5, 5.41) is 0. The Morgan fingerprint density at radius 3 is 1.94 bits per heavy atom. The molecule has 0 spiro atoms. The van der Waals surface area contributed by atoms with Crippen molar-refractivity contribution in [3.8, 4) is 0 Å². The number of rotatable bonds is 1. The van der Waals surface area contributed by atoms with E-state index in [0.29, 0.717) is 6.03 Å². The molecule has 0 unspecified atom stereocenters. The number of amides is 2. The minimum absolute atomic E-state index is 0.298. The summed E-state index contributed by atoms with van der Waals surface area (Å²) < 4.78 is 0. The Labute approximate surface area is 105 Å². The van der Waals surface area contributed by atoms with Crippen molar-refractivity contribution in [2.75, 3.05) is 26.2 Å². The topological polar surface area (TPSA) is 23.6 Å². The van der Waals surface area contributed by atoms with E-state index in [1.165, 1.54) is 32.1 Å². The Morgan fingerprint density at radius 1 is 1.00 bits per heavy atom. The van der Waals surface area contributed by atoms with Crippen LogP contribution in [-0.2, 0) is 0 Å². The van der Waals surface area contributed by atoms with Gasteiger partial charge in [0.2, 0.25) is 0 Å². The van der Waals surface area contributed by atoms with Crippen molar-refractivity contribution in [2.24, 2.45) is 11.8 Å². The Morgan fingerprint density at radius 2 is 1.47 bits per heavy atom. The van der Waals surface area contributed by atoms with Crippen molar-refractivity contribution in [1.29, 1.82) is 0 Å². The standard InChI is InChI=1S/C14H26N2O/c1-3-13-6-10-16(11-7-13)14(17)15-8-4-12(2)5-9-15/h12-13H,3-11H2,1-2H3. The van der Waals surface area contributed by atoms with Crippen LogP contribution >= 0.6 is 0 Å². The van der Waals surface area contributed by atoms with Crippen molar-refractivity contribution in [2.45, 2.75) is 46.0 Å². The Balaban J connectivity index is 1.80. The zero-order valence-electron chi connectivity index (χ0n) is 11.3. The van der Waals surface area contributed by atoms with E-state index >= 15 is 0 Å². The van der Waals surface area contributed by atoms with Gasteiger partial charge in [0.05, 0.1) is 0 Å². The van der Waals surface area contributed by atoms with Gasteiger partial charge in [-0.25, -0.2) is 4.79 Å². The van der Waals surface area contributed by atoms with Crippen molar-refractivity contribution in [3.05, 3.63) is 0 Å². The van der Waals surface area contributed by atoms with Gasteiger partial charge in [0, 0.05) is 26.2 Å². The Kier molecular flexibility index (Phi) is 4.30. The normalized spacial score (nSPS) is 24.1. The highest BCUT2D eigenvalue weighted by atomic mass is 16.2. The van der Waals surface area contributed by atoms with Crippen molar-refractivity contribution in [1.82, 2.24) is 9.80 Å². The molecule has 0 aromatic carbocycles. The lowest BCUT2D eigenvalue weighted by Crippen LogP contribution is -2.49. The summed E-state index contributed by atoms with van der Waals surface area (Å²) in [7, 11) is 0. The SMILES string of the molecule is CCC1CCN(C(=O)N2CCC(C)CC2)CC1. The van der Waals surface area contributed by atoms with Crippen LogP contribution in [0, 0.1) is 11.8 Å². The van der Waals surface area contributed by atoms with E-state index in [0.717, 1.165) is 38.0 Å². The molecule has 0 radical (unpaired) electrons. The number of hydrogen-bond donors (Lipinski definition) is 0. The monoisotopic (exact) mass is 238 g/mol. The maximum absolute atomic E-state index is 12.3. The molecule has 0 saturated carbocycles. The highest BCUT2D eigenvalue weighted by molar-refractivity contribution is 5.74. The molecule has 17 heavy (non-hydrogen) atoms. The molecular formula is C14H26N2O. The van der Waals surface area contributed by atoms with Crippen LogP contribution < -0.4 is 0 Å². The number of urea groups is 1. The van der Waals surface area contributed by atoms with E-state index in [1.807, 2.05) is 0 Å². The van der Waals surface area contributed by atoms with Crippen LogP contribution in [0.3, 0.4) is 0 Å². The van der Waals surface area contributed by atoms with Crippen LogP contribution in [0.4, 0.5) is 4.79 Å². The second kappa shape index (κ2) is 5.74. The Hall–Kier alpha value is -0.730. The lowest BCUT2D eigenvalue weighted by atomic mass is 9.94. The lowest BCUT2D eigenvalue weighted by Gasteiger charge is -2.38. The molecule has 3 nitrogen and oxygen atoms in total. The molecular weight excluding hydrogens is 212 g/mol. The van der Waals surface area contributed by atoms with Gasteiger partial charge in [-0.1, -0.05) is 20.3 Å². The number of hydrogen-bond acceptors (Lipinski definition) is 1. The van der Waals surface area contributed by atoms with Gasteiger partial charge in [-0.15, -0.1) is 0 Å². The molecule has 0 bridgehead atoms. The summed E-state index contributed by atoms with van der Waals surface area (Å²) in [5.74, 6) is 1.64. The minimum atomic E-state index is 0.298. The molecule has 0 aromatic heterocycles. The molecule has 2 fully saturated rings. The molecule has 2 heterocycles. The fourth-order valence-electron chi connectivity index (χ4n) is 2.93. The summed E-state index contributed by atoms with van der Waals surface area (Å²) in [4.78, 5) is 16.4. The molecule has 0 aliphatic carbocycles. The molecule has 0 N–H and O–H groups in total. The van der Waals surface area contributed by atoms with Crippen molar-refractivity contribution < 1.29 is 4.79 Å².